The van der Waals surface area contributed by atoms with Crippen molar-refractivity contribution in [2.45, 2.75) is 182 Å². The molecule has 0 radical (unpaired) electrons. The van der Waals surface area contributed by atoms with Crippen LogP contribution in [0.25, 0.3) is 10.9 Å². The molecule has 10 atom stereocenters. The normalized spacial score (nSPS) is 13.4. The Kier molecular flexibility index (Phi) is 45.6. The lowest BCUT2D eigenvalue weighted by Crippen LogP contribution is -2.60. The van der Waals surface area contributed by atoms with Crippen LogP contribution < -0.4 is 153 Å². The van der Waals surface area contributed by atoms with Gasteiger partial charge in [-0.1, -0.05) is 18.2 Å². The van der Waals surface area contributed by atoms with E-state index in [1.807, 2.05) is 0 Å². The van der Waals surface area contributed by atoms with E-state index in [1.165, 1.54) is 0 Å². The monoisotopic (exact) mass is 1610 g/mol. The van der Waals surface area contributed by atoms with Crippen LogP contribution in [0.3, 0.4) is 0 Å². The Morgan fingerprint density at radius 3 is 0.702 bits per heavy atom. The molecule has 49 nitrogen and oxygen atoms in total. The molecule has 9 amide bonds. The van der Waals surface area contributed by atoms with Gasteiger partial charge in [0, 0.05) is 82.4 Å². The highest BCUT2D eigenvalue weighted by Gasteiger charge is 2.36. The van der Waals surface area contributed by atoms with Crippen molar-refractivity contribution in [1.82, 2.24) is 101 Å². The molecule has 1 aromatic heterocycles. The minimum Gasteiger partial charge on any atom is -0.480 e. The van der Waals surface area contributed by atoms with Crippen molar-refractivity contribution in [3.8, 4) is 0 Å². The van der Waals surface area contributed by atoms with Gasteiger partial charge in [0.15, 0.2) is 53.6 Å². The molecule has 114 heavy (non-hydrogen) atoms. The van der Waals surface area contributed by atoms with Crippen molar-refractivity contribution in [3.63, 3.8) is 0 Å². The van der Waals surface area contributed by atoms with Crippen LogP contribution in [0.2, 0.25) is 0 Å². The molecular formula is C65H120N38O11. The van der Waals surface area contributed by atoms with Crippen LogP contribution >= 0.6 is 0 Å². The van der Waals surface area contributed by atoms with Crippen LogP contribution in [0.5, 0.6) is 0 Å². The number of nitrogens with two attached hydrogens (primary N) is 10. The second-order valence-electron chi connectivity index (χ2n) is 26.4. The summed E-state index contributed by atoms with van der Waals surface area (Å²) in [6, 6.07) is -7.92. The molecule has 0 spiro atoms. The molecular weight excluding hydrogens is 1490 g/mol. The maximum Gasteiger partial charge on any atom is 0.326 e. The Labute approximate surface area is 658 Å². The molecule has 0 aliphatic carbocycles. The van der Waals surface area contributed by atoms with Crippen molar-refractivity contribution >= 4 is 124 Å². The number of rotatable bonds is 57. The molecule has 0 aliphatic rings. The highest BCUT2D eigenvalue weighted by molar-refractivity contribution is 5.99. The molecule has 1 aromatic carbocycles. The third-order valence-corrected chi connectivity index (χ3v) is 17.0. The van der Waals surface area contributed by atoms with Crippen molar-refractivity contribution in [2.75, 3.05) is 58.9 Å². The molecule has 0 aliphatic heterocycles. The molecule has 1 heterocycles. The van der Waals surface area contributed by atoms with Crippen LogP contribution in [0.15, 0.2) is 30.5 Å². The van der Waals surface area contributed by atoms with E-state index in [9.17, 15) is 53.1 Å². The van der Waals surface area contributed by atoms with E-state index >= 15 is 0 Å². The smallest absolute Gasteiger partial charge is 0.326 e. The predicted molar refractivity (Wildman–Crippen MR) is 427 cm³/mol. The highest BCUT2D eigenvalue weighted by Crippen LogP contribution is 2.20. The standard InChI is InChI=1S/C65H120N38O11/c66-36(13-3-23-85-57(67)68)47(104)95-38(15-4-24-86-58(69)70)48(105)96-39(16-5-25-87-59(71)72)49(106)97-40(17-6-26-88-60(73)74)50(107)98-41(18-7-27-89-61(75)76)51(108)99-42(19-8-28-90-62(77)78)52(109)100-43(20-9-29-91-63(79)80)53(110)101-44(21-10-30-92-64(81)82)54(111)102-45(22-11-31-93-65(83)84)55(112)103-46(56(113)114)32-34-33-94-37-14-2-1-12-35(34)37/h1-2,12,14,33,36,38-46,94H,3-11,13,15-32,66H2,(H,95,104)(H,96,105)(H,97,106)(H,98,107)(H,99,108)(H,100,109)(H,101,110)(H,102,111)(H,103,112)(H,113,114)(H4,67,68,85)(H4,69,70,86)(H4,71,72,87)(H4,73,74,88)(H4,75,76,89)(H4,77,78,90)(H4,79,80,91)(H4,81,82,92)(H4,83,84,93)/t36-,38-,39-,40-,41-,42-,43-,44-,45-,46-/m0/s1. The molecule has 0 unspecified atom stereocenters. The van der Waals surface area contributed by atoms with Gasteiger partial charge in [0.25, 0.3) is 0 Å². The summed E-state index contributed by atoms with van der Waals surface area (Å²) < 4.78 is 0. The van der Waals surface area contributed by atoms with E-state index in [0.717, 1.165) is 0 Å². The fourth-order valence-corrected chi connectivity index (χ4v) is 11.2. The maximum atomic E-state index is 15.0. The van der Waals surface area contributed by atoms with Gasteiger partial charge in [0.1, 0.15) is 54.4 Å². The number of hydrogen-bond donors (Lipinski definition) is 39. The summed E-state index contributed by atoms with van der Waals surface area (Å²) in [6.07, 6.45) is 0.479. The Morgan fingerprint density at radius 2 is 0.491 bits per heavy atom. The second-order valence-corrected chi connectivity index (χ2v) is 26.4. The Hall–Kier alpha value is -13.2. The van der Waals surface area contributed by atoms with Gasteiger partial charge in [0.05, 0.1) is 6.04 Å². The number of aromatic amines is 1. The molecule has 49 heteroatoms. The summed E-state index contributed by atoms with van der Waals surface area (Å²) in [6.45, 7) is 0.164. The second kappa shape index (κ2) is 53.7. The van der Waals surface area contributed by atoms with E-state index in [0.29, 0.717) is 22.9 Å². The average Bonchev–Trinajstić information content (AvgIpc) is 1.65. The van der Waals surface area contributed by atoms with E-state index in [2.05, 4.69) is 101 Å². The third-order valence-electron chi connectivity index (χ3n) is 17.0. The SMILES string of the molecule is N=C(N)NCCC[C@H](NC(=O)[C@H](CCCNC(=N)N)NC(=O)[C@H](CCCNC(=N)N)NC(=O)[C@H](CCCNC(=N)N)NC(=O)[C@H](CCCNC(=N)N)NC(=O)[C@H](CCCNC(=N)N)NC(=O)[C@H](CCCNC(=N)N)NC(=O)[C@H](CCCNC(=N)N)NC(=O)[C@@H](N)CCCNC(=N)N)C(=O)N[C@@H](Cc1c[nH]c2ccccc12)C(=O)O. The predicted octanol–water partition coefficient (Wildman–Crippen LogP) is -10.1. The van der Waals surface area contributed by atoms with Gasteiger partial charge in [-0.3, -0.25) is 91.8 Å². The molecule has 2 aromatic rings. The lowest BCUT2D eigenvalue weighted by Gasteiger charge is -2.29. The highest BCUT2D eigenvalue weighted by atomic mass is 16.4. The number of amides is 9. The number of carbonyl (C=O) groups excluding carboxylic acids is 9. The van der Waals surface area contributed by atoms with E-state index in [-0.39, 0.29) is 186 Å². The van der Waals surface area contributed by atoms with Gasteiger partial charge in [0.2, 0.25) is 53.2 Å². The van der Waals surface area contributed by atoms with E-state index in [4.69, 9.17) is 106 Å². The minimum atomic E-state index is -1.62. The molecule has 0 saturated carbocycles. The molecule has 636 valence electrons. The number of benzene rings is 1. The Bertz CT molecular complexity index is 3580. The van der Waals surface area contributed by atoms with Gasteiger partial charge in [-0.25, -0.2) is 4.79 Å². The number of H-pyrrole nitrogens is 1. The van der Waals surface area contributed by atoms with Crippen molar-refractivity contribution in [1.29, 1.82) is 48.7 Å². The average molecular weight is 1610 g/mol. The van der Waals surface area contributed by atoms with Crippen LogP contribution in [0, 0.1) is 48.7 Å². The van der Waals surface area contributed by atoms with Gasteiger partial charge in [-0.2, -0.15) is 0 Å². The number of carboxylic acids is 1. The van der Waals surface area contributed by atoms with E-state index < -0.39 is 161 Å². The molecule has 0 fully saturated rings. The van der Waals surface area contributed by atoms with Crippen molar-refractivity contribution < 1.29 is 53.1 Å². The first-order valence-corrected chi connectivity index (χ1v) is 37.0. The summed E-state index contributed by atoms with van der Waals surface area (Å²) in [5, 5.41) is 127. The van der Waals surface area contributed by atoms with Crippen LogP contribution in [-0.4, -0.2) is 242 Å². The van der Waals surface area contributed by atoms with Gasteiger partial charge < -0.3 is 163 Å². The first kappa shape index (κ1) is 96.9. The third kappa shape index (κ3) is 42.1. The molecule has 49 N–H and O–H groups in total. The van der Waals surface area contributed by atoms with E-state index in [1.54, 1.807) is 30.5 Å². The fourth-order valence-electron chi connectivity index (χ4n) is 11.2. The van der Waals surface area contributed by atoms with Crippen LogP contribution in [0.1, 0.15) is 121 Å². The number of aliphatic carboxylic acids is 1. The zero-order chi connectivity index (χ0) is 85.2. The Morgan fingerprint density at radius 1 is 0.298 bits per heavy atom. The van der Waals surface area contributed by atoms with Crippen molar-refractivity contribution in [3.05, 3.63) is 36.0 Å². The largest absolute Gasteiger partial charge is 0.480 e. The van der Waals surface area contributed by atoms with Gasteiger partial charge in [-0.05, 0) is 127 Å². The lowest BCUT2D eigenvalue weighted by atomic mass is 10.0. The van der Waals surface area contributed by atoms with Gasteiger partial charge >= 0.3 is 5.97 Å². The zero-order valence-electron chi connectivity index (χ0n) is 63.8. The van der Waals surface area contributed by atoms with Gasteiger partial charge in [-0.15, -0.1) is 0 Å². The number of guanidine groups is 9. The summed E-state index contributed by atoms with van der Waals surface area (Å²) >= 11 is 0. The lowest BCUT2D eigenvalue weighted by molar-refractivity contribution is -0.142. The summed E-state index contributed by atoms with van der Waals surface area (Å²) in [5.74, 6) is -13.7. The number of para-hydroxylation sites is 1. The quantitative estimate of drug-likeness (QED) is 0.0166. The maximum absolute atomic E-state index is 15.0. The molecule has 0 saturated heterocycles. The van der Waals surface area contributed by atoms with Crippen molar-refractivity contribution in [2.24, 2.45) is 57.3 Å². The molecule has 0 bridgehead atoms. The molecule has 2 rings (SSSR count). The van der Waals surface area contributed by atoms with Crippen LogP contribution in [-0.2, 0) is 54.4 Å². The number of carbonyl (C=O) groups is 10. The fraction of sp³-hybridized carbons (Fsp3) is 0.585. The summed E-state index contributed by atoms with van der Waals surface area (Å²) in [5.41, 5.74) is 57.2. The number of nitrogens with one attached hydrogen (secondary N) is 28. The number of hydrogen-bond acceptors (Lipinski definition) is 20. The zero-order valence-corrected chi connectivity index (χ0v) is 63.8. The first-order valence-electron chi connectivity index (χ1n) is 37.0. The number of carboxylic acid groups (broad SMARTS) is 1. The Balaban J connectivity index is 2.76. The topological polar surface area (TPSA) is 898 Å². The van der Waals surface area contributed by atoms with Crippen LogP contribution in [0.4, 0.5) is 0 Å². The summed E-state index contributed by atoms with van der Waals surface area (Å²) in [4.78, 5) is 147. The first-order chi connectivity index (χ1) is 54.0. The minimum absolute atomic E-state index is 0.00293. The number of fused-ring (bicyclic) bond motifs is 1. The summed E-state index contributed by atoms with van der Waals surface area (Å²) in [7, 11) is 0. The number of aromatic nitrogens is 1.